The third kappa shape index (κ3) is 3.92. The number of hydrogen-bond donors (Lipinski definition) is 2. The van der Waals surface area contributed by atoms with Crippen molar-refractivity contribution >= 4 is 0 Å². The second kappa shape index (κ2) is 3.92. The molecule has 0 aromatic rings. The van der Waals surface area contributed by atoms with E-state index in [1.165, 1.54) is 6.54 Å². The molecule has 30 valence electrons. The van der Waals surface area contributed by atoms with Gasteiger partial charge in [-0.25, -0.2) is 5.48 Å². The molecule has 0 unspecified atom stereocenters. The van der Waals surface area contributed by atoms with E-state index in [0.717, 1.165) is 0 Å². The Morgan fingerprint density at radius 1 is 2.00 bits per heavy atom. The maximum absolute atomic E-state index is 7.72. The Morgan fingerprint density at radius 2 is 2.60 bits per heavy atom. The van der Waals surface area contributed by atoms with E-state index in [4.69, 9.17) is 5.21 Å². The van der Waals surface area contributed by atoms with Crippen LogP contribution in [-0.2, 0) is 0 Å². The molecule has 0 aliphatic rings. The minimum Gasteiger partial charge on any atom is -0.316 e. The van der Waals surface area contributed by atoms with Gasteiger partial charge in [0, 0.05) is 6.54 Å². The lowest BCUT2D eigenvalue weighted by Gasteiger charge is -1.82. The van der Waals surface area contributed by atoms with Crippen molar-refractivity contribution in [1.29, 1.82) is 0 Å². The summed E-state index contributed by atoms with van der Waals surface area (Å²) < 4.78 is 0. The first kappa shape index (κ1) is 4.92. The van der Waals surface area contributed by atoms with Crippen molar-refractivity contribution in [1.82, 2.24) is 5.48 Å². The summed E-state index contributed by atoms with van der Waals surface area (Å²) in [6, 6.07) is 0. The lowest BCUT2D eigenvalue weighted by atomic mass is 10.5. The van der Waals surface area contributed by atoms with E-state index in [0.29, 0.717) is 6.42 Å². The fourth-order valence-corrected chi connectivity index (χ4v) is 0.0645. The summed E-state index contributed by atoms with van der Waals surface area (Å²) in [4.78, 5) is 0. The highest BCUT2D eigenvalue weighted by Crippen LogP contribution is 1.69. The van der Waals surface area contributed by atoms with Crippen molar-refractivity contribution in [3.05, 3.63) is 13.5 Å². The summed E-state index contributed by atoms with van der Waals surface area (Å²) in [5.74, 6) is 0. The van der Waals surface area contributed by atoms with Crippen LogP contribution >= 0.6 is 0 Å². The van der Waals surface area contributed by atoms with Crippen molar-refractivity contribution in [3.63, 3.8) is 0 Å². The van der Waals surface area contributed by atoms with Gasteiger partial charge in [-0.1, -0.05) is 6.92 Å². The first-order valence-corrected chi connectivity index (χ1v) is 1.42. The first-order valence-electron chi connectivity index (χ1n) is 1.42. The molecule has 5 heavy (non-hydrogen) atoms. The van der Waals surface area contributed by atoms with Crippen molar-refractivity contribution in [2.24, 2.45) is 0 Å². The standard InChI is InChI=1S/C3H7NO/c1-2-3-4-5/h3-5H,1-2H2. The molecule has 0 aliphatic carbocycles. The van der Waals surface area contributed by atoms with Crippen LogP contribution < -0.4 is 5.48 Å². The molecule has 0 heterocycles. The summed E-state index contributed by atoms with van der Waals surface area (Å²) in [6.07, 6.45) is 0.608. The summed E-state index contributed by atoms with van der Waals surface area (Å²) in [5, 5.41) is 7.72. The van der Waals surface area contributed by atoms with Gasteiger partial charge in [0.2, 0.25) is 0 Å². The maximum Gasteiger partial charge on any atom is 0.0495 e. The Balaban J connectivity index is 2.19. The summed E-state index contributed by atoms with van der Waals surface area (Å²) >= 11 is 0. The Bertz CT molecular complexity index is 14.4. The lowest BCUT2D eigenvalue weighted by molar-refractivity contribution is 0.194. The van der Waals surface area contributed by atoms with Gasteiger partial charge >= 0.3 is 0 Å². The van der Waals surface area contributed by atoms with Crippen molar-refractivity contribution in [2.45, 2.75) is 6.42 Å². The van der Waals surface area contributed by atoms with Gasteiger partial charge in [0.25, 0.3) is 0 Å². The first-order chi connectivity index (χ1) is 2.41. The molecule has 2 radical (unpaired) electrons. The van der Waals surface area contributed by atoms with E-state index < -0.39 is 0 Å². The summed E-state index contributed by atoms with van der Waals surface area (Å²) in [5.41, 5.74) is 1.83. The highest BCUT2D eigenvalue weighted by molar-refractivity contribution is 4.53. The van der Waals surface area contributed by atoms with Crippen molar-refractivity contribution < 1.29 is 5.21 Å². The van der Waals surface area contributed by atoms with E-state index in [2.05, 4.69) is 6.92 Å². The minimum atomic E-state index is 0.608. The molecule has 2 heteroatoms. The molecule has 0 aromatic carbocycles. The predicted molar refractivity (Wildman–Crippen MR) is 19.2 cm³/mol. The van der Waals surface area contributed by atoms with Crippen LogP contribution in [0.4, 0.5) is 0 Å². The molecule has 2 N–H and O–H groups in total. The molecule has 0 rings (SSSR count). The fraction of sp³-hybridized carbons (Fsp3) is 0.333. The van der Waals surface area contributed by atoms with Crippen molar-refractivity contribution in [2.75, 3.05) is 0 Å². The van der Waals surface area contributed by atoms with E-state index in [1.807, 2.05) is 5.48 Å². The largest absolute Gasteiger partial charge is 0.316 e. The highest BCUT2D eigenvalue weighted by Gasteiger charge is 1.67. The van der Waals surface area contributed by atoms with E-state index >= 15 is 0 Å². The highest BCUT2D eigenvalue weighted by atomic mass is 16.5. The Hall–Kier alpha value is -0.0800. The molecule has 0 fully saturated rings. The Labute approximate surface area is 31.8 Å². The second-order valence-corrected chi connectivity index (χ2v) is 0.622. The van der Waals surface area contributed by atoms with Crippen LogP contribution in [0.1, 0.15) is 6.42 Å². The van der Waals surface area contributed by atoms with Crippen LogP contribution in [0.3, 0.4) is 0 Å². The van der Waals surface area contributed by atoms with Gasteiger partial charge < -0.3 is 5.21 Å². The zero-order valence-electron chi connectivity index (χ0n) is 2.94. The van der Waals surface area contributed by atoms with Crippen LogP contribution in [0, 0.1) is 13.5 Å². The number of rotatable bonds is 2. The summed E-state index contributed by atoms with van der Waals surface area (Å²) in [7, 11) is 0. The molecular formula is C3H7NO. The molecular weight excluding hydrogens is 66.0 g/mol. The van der Waals surface area contributed by atoms with Gasteiger partial charge in [0.05, 0.1) is 0 Å². The van der Waals surface area contributed by atoms with Gasteiger partial charge in [-0.15, -0.1) is 0 Å². The molecule has 0 aromatic heterocycles. The Morgan fingerprint density at radius 3 is 2.60 bits per heavy atom. The zero-order valence-corrected chi connectivity index (χ0v) is 2.94. The smallest absolute Gasteiger partial charge is 0.0495 e. The molecule has 2 nitrogen and oxygen atoms in total. The van der Waals surface area contributed by atoms with Crippen LogP contribution in [0.15, 0.2) is 0 Å². The molecule has 0 saturated heterocycles. The minimum absolute atomic E-state index is 0.608. The second-order valence-electron chi connectivity index (χ2n) is 0.622. The van der Waals surface area contributed by atoms with Crippen LogP contribution in [-0.4, -0.2) is 5.21 Å². The van der Waals surface area contributed by atoms with E-state index in [-0.39, 0.29) is 0 Å². The van der Waals surface area contributed by atoms with E-state index in [1.54, 1.807) is 0 Å². The molecule has 0 saturated carbocycles. The van der Waals surface area contributed by atoms with Gasteiger partial charge in [-0.05, 0) is 6.42 Å². The average molecular weight is 73.1 g/mol. The molecule has 0 aliphatic heterocycles. The SMILES string of the molecule is [CH2]C[CH]NO. The normalized spacial score (nSPS) is 8.40. The van der Waals surface area contributed by atoms with Crippen LogP contribution in [0.2, 0.25) is 0 Å². The lowest BCUT2D eigenvalue weighted by Crippen LogP contribution is -1.98. The number of nitrogens with one attached hydrogen (secondary N) is 1. The third-order valence-corrected chi connectivity index (χ3v) is 0.236. The number of hydroxylamine groups is 1. The summed E-state index contributed by atoms with van der Waals surface area (Å²) in [6.45, 7) is 4.84. The molecule has 0 spiro atoms. The van der Waals surface area contributed by atoms with Crippen molar-refractivity contribution in [3.8, 4) is 0 Å². The van der Waals surface area contributed by atoms with E-state index in [9.17, 15) is 0 Å². The Kier molecular flexibility index (Phi) is 3.86. The quantitative estimate of drug-likeness (QED) is 0.462. The van der Waals surface area contributed by atoms with Crippen LogP contribution in [0.25, 0.3) is 0 Å². The number of hydrogen-bond acceptors (Lipinski definition) is 2. The molecule has 0 atom stereocenters. The monoisotopic (exact) mass is 73.1 g/mol. The third-order valence-electron chi connectivity index (χ3n) is 0.236. The van der Waals surface area contributed by atoms with Crippen LogP contribution in [0.5, 0.6) is 0 Å². The molecule has 0 amide bonds. The topological polar surface area (TPSA) is 32.3 Å². The van der Waals surface area contributed by atoms with Gasteiger partial charge in [0.1, 0.15) is 0 Å². The molecule has 0 bridgehead atoms. The maximum atomic E-state index is 7.72. The van der Waals surface area contributed by atoms with Gasteiger partial charge in [0.15, 0.2) is 0 Å². The predicted octanol–water partition coefficient (Wildman–Crippen LogP) is 0.351. The fourth-order valence-electron chi connectivity index (χ4n) is 0.0645. The van der Waals surface area contributed by atoms with Gasteiger partial charge in [-0.2, -0.15) is 0 Å². The average Bonchev–Trinajstić information content (AvgIpc) is 1.41. The zero-order chi connectivity index (χ0) is 4.12. The van der Waals surface area contributed by atoms with Gasteiger partial charge in [-0.3, -0.25) is 0 Å².